The number of aromatic nitrogens is 4. The molecule has 0 bridgehead atoms. The van der Waals surface area contributed by atoms with Crippen molar-refractivity contribution in [3.63, 3.8) is 0 Å². The number of hydrogen-bond donors (Lipinski definition) is 1. The SMILES string of the molecule is Cc1cccc(-n2ccn3c(=S)[nH]nc3c2=O)c1. The van der Waals surface area contributed by atoms with Crippen LogP contribution in [-0.2, 0) is 0 Å². The normalized spacial score (nSPS) is 10.9. The van der Waals surface area contributed by atoms with E-state index in [-0.39, 0.29) is 5.56 Å². The number of rotatable bonds is 1. The van der Waals surface area contributed by atoms with Crippen LogP contribution in [-0.4, -0.2) is 19.2 Å². The summed E-state index contributed by atoms with van der Waals surface area (Å²) < 4.78 is 3.53. The Morgan fingerprint density at radius 3 is 2.94 bits per heavy atom. The molecule has 0 aliphatic rings. The molecule has 2 aromatic heterocycles. The van der Waals surface area contributed by atoms with Gasteiger partial charge < -0.3 is 0 Å². The minimum atomic E-state index is -0.199. The molecule has 5 nitrogen and oxygen atoms in total. The van der Waals surface area contributed by atoms with Gasteiger partial charge in [-0.1, -0.05) is 12.1 Å². The molecule has 2 heterocycles. The van der Waals surface area contributed by atoms with Gasteiger partial charge in [-0.3, -0.25) is 18.9 Å². The number of benzene rings is 1. The zero-order valence-corrected chi connectivity index (χ0v) is 10.4. The predicted octanol–water partition coefficient (Wildman–Crippen LogP) is 1.85. The number of fused-ring (bicyclic) bond motifs is 1. The lowest BCUT2D eigenvalue weighted by Gasteiger charge is -2.06. The van der Waals surface area contributed by atoms with Gasteiger partial charge in [0.1, 0.15) is 0 Å². The molecule has 6 heteroatoms. The number of aryl methyl sites for hydroxylation is 1. The summed E-state index contributed by atoms with van der Waals surface area (Å²) in [5.41, 5.74) is 2.01. The van der Waals surface area contributed by atoms with Crippen LogP contribution < -0.4 is 5.56 Å². The number of hydrogen-bond acceptors (Lipinski definition) is 3. The van der Waals surface area contributed by atoms with E-state index in [1.54, 1.807) is 21.4 Å². The van der Waals surface area contributed by atoms with E-state index in [2.05, 4.69) is 10.2 Å². The summed E-state index contributed by atoms with van der Waals surface area (Å²) in [4.78, 5) is 12.3. The number of nitrogens with one attached hydrogen (secondary N) is 1. The molecule has 3 aromatic rings. The van der Waals surface area contributed by atoms with E-state index in [9.17, 15) is 4.79 Å². The second kappa shape index (κ2) is 3.92. The molecule has 90 valence electrons. The summed E-state index contributed by atoms with van der Waals surface area (Å²) in [6.45, 7) is 1.98. The van der Waals surface area contributed by atoms with E-state index in [0.29, 0.717) is 10.4 Å². The Morgan fingerprint density at radius 2 is 2.17 bits per heavy atom. The summed E-state index contributed by atoms with van der Waals surface area (Å²) in [6, 6.07) is 7.72. The van der Waals surface area contributed by atoms with Crippen molar-refractivity contribution in [3.8, 4) is 5.69 Å². The molecular formula is C12H10N4OS. The van der Waals surface area contributed by atoms with Gasteiger partial charge in [-0.25, -0.2) is 0 Å². The smallest absolute Gasteiger partial charge is 0.280 e. The molecule has 0 aliphatic carbocycles. The molecule has 0 radical (unpaired) electrons. The summed E-state index contributed by atoms with van der Waals surface area (Å²) in [7, 11) is 0. The minimum absolute atomic E-state index is 0.199. The van der Waals surface area contributed by atoms with Gasteiger partial charge in [0.2, 0.25) is 5.65 Å². The molecule has 3 rings (SSSR count). The third-order valence-electron chi connectivity index (χ3n) is 2.76. The van der Waals surface area contributed by atoms with Crippen molar-refractivity contribution in [1.82, 2.24) is 19.2 Å². The zero-order chi connectivity index (χ0) is 12.7. The van der Waals surface area contributed by atoms with E-state index in [1.807, 2.05) is 31.2 Å². The Bertz CT molecular complexity index is 843. The predicted molar refractivity (Wildman–Crippen MR) is 70.7 cm³/mol. The highest BCUT2D eigenvalue weighted by molar-refractivity contribution is 7.71. The maximum Gasteiger partial charge on any atom is 0.300 e. The molecular weight excluding hydrogens is 248 g/mol. The highest BCUT2D eigenvalue weighted by Gasteiger charge is 2.07. The van der Waals surface area contributed by atoms with Gasteiger partial charge >= 0.3 is 5.56 Å². The molecule has 0 unspecified atom stereocenters. The van der Waals surface area contributed by atoms with Crippen molar-refractivity contribution in [2.75, 3.05) is 0 Å². The van der Waals surface area contributed by atoms with Crippen LogP contribution in [0.4, 0.5) is 0 Å². The van der Waals surface area contributed by atoms with Gasteiger partial charge in [0, 0.05) is 18.1 Å². The fourth-order valence-electron chi connectivity index (χ4n) is 1.88. The Balaban J connectivity index is 2.34. The quantitative estimate of drug-likeness (QED) is 0.678. The van der Waals surface area contributed by atoms with E-state index in [0.717, 1.165) is 11.3 Å². The Kier molecular flexibility index (Phi) is 2.38. The fraction of sp³-hybridized carbons (Fsp3) is 0.0833. The van der Waals surface area contributed by atoms with Crippen LogP contribution in [0.3, 0.4) is 0 Å². The molecule has 1 N–H and O–H groups in total. The highest BCUT2D eigenvalue weighted by atomic mass is 32.1. The van der Waals surface area contributed by atoms with Gasteiger partial charge in [0.05, 0.1) is 0 Å². The van der Waals surface area contributed by atoms with Crippen molar-refractivity contribution in [1.29, 1.82) is 0 Å². The summed E-state index contributed by atoms with van der Waals surface area (Å²) in [6.07, 6.45) is 3.42. The lowest BCUT2D eigenvalue weighted by molar-refractivity contribution is 0.945. The molecule has 1 aromatic carbocycles. The Labute approximate surface area is 107 Å². The van der Waals surface area contributed by atoms with E-state index < -0.39 is 0 Å². The van der Waals surface area contributed by atoms with Crippen LogP contribution in [0.15, 0.2) is 41.5 Å². The largest absolute Gasteiger partial charge is 0.300 e. The van der Waals surface area contributed by atoms with Crippen LogP contribution in [0.5, 0.6) is 0 Å². The maximum atomic E-state index is 12.3. The standard InChI is InChI=1S/C12H10N4OS/c1-8-3-2-4-9(7-8)15-5-6-16-10(11(15)17)13-14-12(16)18/h2-7H,1H3,(H,14,18). The van der Waals surface area contributed by atoms with Crippen LogP contribution in [0, 0.1) is 11.7 Å². The summed E-state index contributed by atoms with van der Waals surface area (Å²) >= 11 is 5.02. The van der Waals surface area contributed by atoms with Crippen LogP contribution in [0.2, 0.25) is 0 Å². The van der Waals surface area contributed by atoms with Crippen molar-refractivity contribution in [2.24, 2.45) is 0 Å². The van der Waals surface area contributed by atoms with Crippen LogP contribution in [0.25, 0.3) is 11.3 Å². The average molecular weight is 258 g/mol. The van der Waals surface area contributed by atoms with E-state index >= 15 is 0 Å². The first kappa shape index (κ1) is 10.9. The molecule has 0 saturated heterocycles. The Morgan fingerprint density at radius 1 is 1.33 bits per heavy atom. The first-order valence-corrected chi connectivity index (χ1v) is 5.83. The van der Waals surface area contributed by atoms with Crippen molar-refractivity contribution >= 4 is 17.9 Å². The molecule has 0 amide bonds. The van der Waals surface area contributed by atoms with Gasteiger partial charge in [0.15, 0.2) is 4.77 Å². The number of aromatic amines is 1. The lowest BCUT2D eigenvalue weighted by atomic mass is 10.2. The fourth-order valence-corrected chi connectivity index (χ4v) is 2.08. The molecule has 0 spiro atoms. The van der Waals surface area contributed by atoms with Crippen molar-refractivity contribution in [2.45, 2.75) is 6.92 Å². The van der Waals surface area contributed by atoms with Crippen molar-refractivity contribution < 1.29 is 0 Å². The molecule has 18 heavy (non-hydrogen) atoms. The highest BCUT2D eigenvalue weighted by Crippen LogP contribution is 2.08. The van der Waals surface area contributed by atoms with E-state index in [4.69, 9.17) is 12.2 Å². The third kappa shape index (κ3) is 1.58. The van der Waals surface area contributed by atoms with Gasteiger partial charge in [-0.15, -0.1) is 5.10 Å². The average Bonchev–Trinajstić information content (AvgIpc) is 2.73. The second-order valence-corrected chi connectivity index (χ2v) is 4.42. The van der Waals surface area contributed by atoms with Gasteiger partial charge in [0.25, 0.3) is 0 Å². The second-order valence-electron chi connectivity index (χ2n) is 4.03. The van der Waals surface area contributed by atoms with Crippen LogP contribution >= 0.6 is 12.2 Å². The maximum absolute atomic E-state index is 12.3. The first-order chi connectivity index (χ1) is 8.66. The first-order valence-electron chi connectivity index (χ1n) is 5.42. The minimum Gasteiger partial charge on any atom is -0.280 e. The monoisotopic (exact) mass is 258 g/mol. The summed E-state index contributed by atoms with van der Waals surface area (Å²) in [5.74, 6) is 0. The topological polar surface area (TPSA) is 55.1 Å². The number of H-pyrrole nitrogens is 1. The molecule has 0 aliphatic heterocycles. The Hall–Kier alpha value is -2.21. The molecule has 0 saturated carbocycles. The third-order valence-corrected chi connectivity index (χ3v) is 3.05. The lowest BCUT2D eigenvalue weighted by Crippen LogP contribution is -2.20. The summed E-state index contributed by atoms with van der Waals surface area (Å²) in [5, 5.41) is 6.55. The number of nitrogens with zero attached hydrogens (tertiary/aromatic N) is 3. The van der Waals surface area contributed by atoms with Crippen LogP contribution in [0.1, 0.15) is 5.56 Å². The van der Waals surface area contributed by atoms with Crippen molar-refractivity contribution in [3.05, 3.63) is 57.3 Å². The zero-order valence-electron chi connectivity index (χ0n) is 9.62. The van der Waals surface area contributed by atoms with E-state index in [1.165, 1.54) is 0 Å². The molecule has 0 fully saturated rings. The van der Waals surface area contributed by atoms with Gasteiger partial charge in [-0.2, -0.15) is 0 Å². The molecule has 0 atom stereocenters. The van der Waals surface area contributed by atoms with Gasteiger partial charge in [-0.05, 0) is 36.8 Å².